The molecular formula is C47H61NO4. The van der Waals surface area contributed by atoms with Crippen LogP contribution in [-0.4, -0.2) is 29.1 Å². The summed E-state index contributed by atoms with van der Waals surface area (Å²) < 4.78 is 11.5. The average molecular weight is 704 g/mol. The van der Waals surface area contributed by atoms with Gasteiger partial charge in [0.1, 0.15) is 12.2 Å². The van der Waals surface area contributed by atoms with Crippen molar-refractivity contribution in [3.63, 3.8) is 0 Å². The zero-order valence-electron chi connectivity index (χ0n) is 32.6. The summed E-state index contributed by atoms with van der Waals surface area (Å²) in [6, 6.07) is 4.51. The second-order valence-corrected chi connectivity index (χ2v) is 19.5. The third-order valence-corrected chi connectivity index (χ3v) is 17.3. The number of esters is 2. The first-order chi connectivity index (χ1) is 24.8. The van der Waals surface area contributed by atoms with Gasteiger partial charge >= 0.3 is 11.9 Å². The topological polar surface area (TPSA) is 65.5 Å². The Kier molecular flexibility index (Phi) is 8.22. The molecule has 0 N–H and O–H groups in total. The van der Waals surface area contributed by atoms with Crippen LogP contribution in [0.5, 0.6) is 0 Å². The van der Waals surface area contributed by atoms with E-state index in [4.69, 9.17) is 14.5 Å². The van der Waals surface area contributed by atoms with Crippen LogP contribution in [-0.2, 0) is 19.1 Å². The van der Waals surface area contributed by atoms with Crippen LogP contribution in [0.15, 0.2) is 65.0 Å². The second kappa shape index (κ2) is 12.3. The summed E-state index contributed by atoms with van der Waals surface area (Å²) in [5.74, 6) is 3.81. The molecule has 0 radical (unpaired) electrons. The average Bonchev–Trinajstić information content (AvgIpc) is 3.62. The molecule has 1 heterocycles. The lowest BCUT2D eigenvalue weighted by atomic mass is 9.47. The van der Waals surface area contributed by atoms with Crippen molar-refractivity contribution in [2.75, 3.05) is 0 Å². The fourth-order valence-corrected chi connectivity index (χ4v) is 14.9. The number of carbonyl (C=O) groups excluding carboxylic acids is 2. The van der Waals surface area contributed by atoms with Crippen LogP contribution in [0.2, 0.25) is 0 Å². The van der Waals surface area contributed by atoms with Gasteiger partial charge < -0.3 is 9.47 Å². The van der Waals surface area contributed by atoms with Crippen molar-refractivity contribution in [1.29, 1.82) is 0 Å². The maximum atomic E-state index is 11.8. The van der Waals surface area contributed by atoms with Gasteiger partial charge in [-0.15, -0.1) is 0 Å². The van der Waals surface area contributed by atoms with Crippen LogP contribution in [0, 0.1) is 57.2 Å². The summed E-state index contributed by atoms with van der Waals surface area (Å²) >= 11 is 0. The molecule has 52 heavy (non-hydrogen) atoms. The van der Waals surface area contributed by atoms with Gasteiger partial charge in [-0.2, -0.15) is 0 Å². The second-order valence-electron chi connectivity index (χ2n) is 19.5. The third-order valence-electron chi connectivity index (χ3n) is 17.3. The molecule has 0 aromatic carbocycles. The number of aromatic nitrogens is 1. The van der Waals surface area contributed by atoms with E-state index in [0.717, 1.165) is 44.9 Å². The Morgan fingerprint density at radius 1 is 0.654 bits per heavy atom. The Morgan fingerprint density at radius 2 is 1.21 bits per heavy atom. The van der Waals surface area contributed by atoms with Gasteiger partial charge in [-0.05, 0) is 163 Å². The minimum atomic E-state index is -0.142. The summed E-state index contributed by atoms with van der Waals surface area (Å²) in [4.78, 5) is 28.4. The Morgan fingerprint density at radius 3 is 1.77 bits per heavy atom. The number of nitrogens with zero attached hydrogens (tertiary/aromatic N) is 1. The molecule has 0 aliphatic heterocycles. The fraction of sp³-hybridized carbons (Fsp3) is 0.681. The van der Waals surface area contributed by atoms with E-state index < -0.39 is 0 Å². The zero-order chi connectivity index (χ0) is 36.2. The van der Waals surface area contributed by atoms with Crippen molar-refractivity contribution in [2.24, 2.45) is 57.2 Å². The molecule has 5 heteroatoms. The summed E-state index contributed by atoms with van der Waals surface area (Å²) in [5.41, 5.74) is 10.3. The predicted molar refractivity (Wildman–Crippen MR) is 205 cm³/mol. The van der Waals surface area contributed by atoms with Gasteiger partial charge in [0, 0.05) is 39.1 Å². The van der Waals surface area contributed by atoms with Crippen molar-refractivity contribution in [1.82, 2.24) is 4.98 Å². The summed E-state index contributed by atoms with van der Waals surface area (Å²) in [6.07, 6.45) is 28.0. The van der Waals surface area contributed by atoms with Crippen molar-refractivity contribution < 1.29 is 19.1 Å². The molecule has 0 amide bonds. The van der Waals surface area contributed by atoms with Crippen LogP contribution in [0.25, 0.3) is 5.57 Å². The monoisotopic (exact) mass is 703 g/mol. The molecule has 0 spiro atoms. The molecule has 4 fully saturated rings. The van der Waals surface area contributed by atoms with E-state index in [1.54, 1.807) is 41.7 Å². The molecule has 0 bridgehead atoms. The molecule has 0 saturated heterocycles. The zero-order valence-corrected chi connectivity index (χ0v) is 32.6. The molecule has 1 aromatic heterocycles. The maximum Gasteiger partial charge on any atom is 0.302 e. The highest BCUT2D eigenvalue weighted by Gasteiger charge is 2.62. The van der Waals surface area contributed by atoms with Gasteiger partial charge in [0.25, 0.3) is 0 Å². The molecular weight excluding hydrogens is 643 g/mol. The Hall–Kier alpha value is -2.95. The Labute approximate surface area is 312 Å². The lowest BCUT2D eigenvalue weighted by molar-refractivity contribution is -0.149. The molecule has 4 saturated carbocycles. The highest BCUT2D eigenvalue weighted by molar-refractivity contribution is 5.80. The van der Waals surface area contributed by atoms with E-state index in [0.29, 0.717) is 35.5 Å². The molecule has 278 valence electrons. The van der Waals surface area contributed by atoms with Crippen LogP contribution in [0.4, 0.5) is 0 Å². The highest BCUT2D eigenvalue weighted by Crippen LogP contribution is 2.72. The van der Waals surface area contributed by atoms with Gasteiger partial charge in [-0.3, -0.25) is 14.6 Å². The van der Waals surface area contributed by atoms with Crippen molar-refractivity contribution >= 4 is 17.5 Å². The summed E-state index contributed by atoms with van der Waals surface area (Å²) in [5, 5.41) is 0. The normalized spacial score (nSPS) is 44.8. The quantitative estimate of drug-likeness (QED) is 0.231. The number of fused-ring (bicyclic) bond motifs is 10. The van der Waals surface area contributed by atoms with Crippen molar-refractivity contribution in [2.45, 2.75) is 144 Å². The van der Waals surface area contributed by atoms with Crippen LogP contribution >= 0.6 is 0 Å². The SMILES string of the molecule is CC(=O)O[C@@H]1CC[C@]2(C)C(=CC[C@@H]3C4CC=C(C5=C(c6cccnc6)[C@@]6(C)CC[C@H]7[C@@H](CC=C8C[C@@H](OC(C)=O)CC[C@@]87C)[C@@H]6C5)[C@]4(C)CCC32)C1. The first-order valence-corrected chi connectivity index (χ1v) is 20.9. The standard InChI is InChI=1S/C47H61NO4/c1-28(49)51-33-15-19-44(3)31(24-33)9-11-35-38-13-14-39(46(38,5)21-17-40(35)44)37-26-42-36-12-10-32-25-34(52-29(2)50)16-20-45(32,4)41(36)18-22-47(42,6)43(37)30-8-7-23-48-27-30/h7-10,14,23,27,33-36,38,40-42H,11-13,15-22,24-26H2,1-6H3/t33-,34+,35-,36-,38?,40?,41+,42+,44-,45+,46-,47+/m1/s1. The molecule has 8 aliphatic rings. The van der Waals surface area contributed by atoms with E-state index in [-0.39, 0.29) is 45.8 Å². The Balaban J connectivity index is 1.03. The van der Waals surface area contributed by atoms with E-state index in [1.807, 2.05) is 6.20 Å². The number of carbonyl (C=O) groups is 2. The number of allylic oxidation sites excluding steroid dienone is 6. The molecule has 9 rings (SSSR count). The molecule has 12 atom stereocenters. The largest absolute Gasteiger partial charge is 0.462 e. The van der Waals surface area contributed by atoms with Gasteiger partial charge in [-0.1, -0.05) is 63.1 Å². The molecule has 1 aromatic rings. The summed E-state index contributed by atoms with van der Waals surface area (Å²) in [6.45, 7) is 13.5. The van der Waals surface area contributed by atoms with Crippen LogP contribution < -0.4 is 0 Å². The Bertz CT molecular complexity index is 1790. The molecule has 5 nitrogen and oxygen atoms in total. The van der Waals surface area contributed by atoms with Crippen molar-refractivity contribution in [3.8, 4) is 0 Å². The van der Waals surface area contributed by atoms with Gasteiger partial charge in [-0.25, -0.2) is 0 Å². The van der Waals surface area contributed by atoms with Crippen molar-refractivity contribution in [3.05, 3.63) is 70.6 Å². The van der Waals surface area contributed by atoms with E-state index >= 15 is 0 Å². The molecule has 2 unspecified atom stereocenters. The van der Waals surface area contributed by atoms with Crippen LogP contribution in [0.3, 0.4) is 0 Å². The third kappa shape index (κ3) is 5.09. The smallest absolute Gasteiger partial charge is 0.302 e. The number of hydrogen-bond donors (Lipinski definition) is 0. The van der Waals surface area contributed by atoms with Gasteiger partial charge in [0.2, 0.25) is 0 Å². The fourth-order valence-electron chi connectivity index (χ4n) is 14.9. The van der Waals surface area contributed by atoms with E-state index in [9.17, 15) is 9.59 Å². The predicted octanol–water partition coefficient (Wildman–Crippen LogP) is 10.8. The minimum Gasteiger partial charge on any atom is -0.462 e. The number of ether oxygens (including phenoxy) is 2. The van der Waals surface area contributed by atoms with Crippen LogP contribution in [0.1, 0.15) is 137 Å². The van der Waals surface area contributed by atoms with E-state index in [1.165, 1.54) is 50.5 Å². The maximum absolute atomic E-state index is 11.8. The number of rotatable bonds is 4. The number of pyridine rings is 1. The van der Waals surface area contributed by atoms with E-state index in [2.05, 4.69) is 64.3 Å². The minimum absolute atomic E-state index is 0.0434. The van der Waals surface area contributed by atoms with Gasteiger partial charge in [0.15, 0.2) is 0 Å². The lowest BCUT2D eigenvalue weighted by Crippen LogP contribution is -2.50. The first kappa shape index (κ1) is 34.8. The lowest BCUT2D eigenvalue weighted by Gasteiger charge is -2.58. The summed E-state index contributed by atoms with van der Waals surface area (Å²) in [7, 11) is 0. The molecule has 8 aliphatic carbocycles. The van der Waals surface area contributed by atoms with Gasteiger partial charge in [0.05, 0.1) is 0 Å². The first-order valence-electron chi connectivity index (χ1n) is 20.9. The highest BCUT2D eigenvalue weighted by atomic mass is 16.5. The number of hydrogen-bond acceptors (Lipinski definition) is 5.